The Morgan fingerprint density at radius 3 is 2.19 bits per heavy atom. The third kappa shape index (κ3) is 7.79. The van der Waals surface area contributed by atoms with E-state index in [0.29, 0.717) is 10.6 Å². The number of phenols is 1. The van der Waals surface area contributed by atoms with E-state index in [2.05, 4.69) is 5.32 Å². The van der Waals surface area contributed by atoms with Crippen LogP contribution in [0.5, 0.6) is 5.75 Å². The molecule has 10 nitrogen and oxygen atoms in total. The van der Waals surface area contributed by atoms with Crippen molar-refractivity contribution in [3.05, 3.63) is 88.9 Å². The summed E-state index contributed by atoms with van der Waals surface area (Å²) in [5.74, 6) is -5.03. The molecule has 0 radical (unpaired) electrons. The monoisotopic (exact) mass is 525 g/mol. The molecule has 2 unspecified atom stereocenters. The smallest absolute Gasteiger partial charge is 0.332 e. The van der Waals surface area contributed by atoms with Crippen molar-refractivity contribution in [1.82, 2.24) is 16.2 Å². The Labute approximate surface area is 216 Å². The maximum Gasteiger partial charge on any atom is 0.332 e. The molecule has 0 fully saturated rings. The molecule has 0 saturated heterocycles. The van der Waals surface area contributed by atoms with Gasteiger partial charge in [0.15, 0.2) is 6.10 Å². The average molecular weight is 526 g/mol. The topological polar surface area (TPSA) is 165 Å². The van der Waals surface area contributed by atoms with Gasteiger partial charge < -0.3 is 20.6 Å². The van der Waals surface area contributed by atoms with Crippen molar-refractivity contribution in [1.29, 1.82) is 0 Å². The van der Waals surface area contributed by atoms with Crippen LogP contribution in [0.3, 0.4) is 0 Å². The van der Waals surface area contributed by atoms with Gasteiger partial charge in [-0.2, -0.15) is 0 Å². The van der Waals surface area contributed by atoms with Gasteiger partial charge in [0.2, 0.25) is 0 Å². The zero-order valence-electron chi connectivity index (χ0n) is 19.3. The molecule has 192 valence electrons. The molecule has 0 saturated carbocycles. The summed E-state index contributed by atoms with van der Waals surface area (Å²) < 4.78 is 0. The molecule has 0 heterocycles. The fourth-order valence-electron chi connectivity index (χ4n) is 3.50. The van der Waals surface area contributed by atoms with Crippen LogP contribution in [0.2, 0.25) is 5.02 Å². The number of carbonyl (C=O) groups excluding carboxylic acids is 3. The molecule has 0 aliphatic rings. The van der Waals surface area contributed by atoms with Gasteiger partial charge in [0.1, 0.15) is 5.75 Å². The number of carboxylic acid groups (broad SMARTS) is 1. The third-order valence-corrected chi connectivity index (χ3v) is 5.60. The average Bonchev–Trinajstić information content (AvgIpc) is 2.87. The van der Waals surface area contributed by atoms with Crippen LogP contribution >= 0.6 is 11.6 Å². The van der Waals surface area contributed by atoms with Gasteiger partial charge in [-0.1, -0.05) is 60.1 Å². The molecule has 0 aliphatic heterocycles. The number of carbonyl (C=O) groups is 4. The van der Waals surface area contributed by atoms with Crippen LogP contribution in [-0.4, -0.2) is 51.2 Å². The number of aliphatic hydroxyl groups is 1. The predicted molar refractivity (Wildman–Crippen MR) is 134 cm³/mol. The van der Waals surface area contributed by atoms with Gasteiger partial charge in [-0.3, -0.25) is 25.2 Å². The Morgan fingerprint density at radius 1 is 0.838 bits per heavy atom. The number of rotatable bonds is 8. The lowest BCUT2D eigenvalue weighted by molar-refractivity contribution is -0.147. The molecule has 37 heavy (non-hydrogen) atoms. The van der Waals surface area contributed by atoms with Crippen molar-refractivity contribution in [2.75, 3.05) is 0 Å². The van der Waals surface area contributed by atoms with Crippen LogP contribution in [0.15, 0.2) is 72.8 Å². The molecule has 0 aliphatic carbocycles. The highest BCUT2D eigenvalue weighted by molar-refractivity contribution is 6.35. The van der Waals surface area contributed by atoms with E-state index >= 15 is 0 Å². The number of carboxylic acids is 1. The van der Waals surface area contributed by atoms with Gasteiger partial charge in [-0.15, -0.1) is 0 Å². The highest BCUT2D eigenvalue weighted by Crippen LogP contribution is 2.23. The van der Waals surface area contributed by atoms with E-state index in [9.17, 15) is 29.4 Å². The number of hydrogen-bond acceptors (Lipinski definition) is 6. The van der Waals surface area contributed by atoms with E-state index in [0.717, 1.165) is 11.1 Å². The fourth-order valence-corrected chi connectivity index (χ4v) is 3.69. The molecular formula is C26H24ClN3O7. The molecule has 3 rings (SSSR count). The van der Waals surface area contributed by atoms with Crippen LogP contribution in [-0.2, 0) is 20.8 Å². The second kappa shape index (κ2) is 12.5. The molecule has 0 bridgehead atoms. The number of amides is 3. The first-order chi connectivity index (χ1) is 17.6. The van der Waals surface area contributed by atoms with Crippen LogP contribution in [0.4, 0.5) is 0 Å². The summed E-state index contributed by atoms with van der Waals surface area (Å²) in [6, 6.07) is 19.2. The molecule has 0 aromatic heterocycles. The van der Waals surface area contributed by atoms with Crippen molar-refractivity contribution in [2.24, 2.45) is 0 Å². The summed E-state index contributed by atoms with van der Waals surface area (Å²) in [4.78, 5) is 47.9. The molecule has 2 atom stereocenters. The zero-order valence-corrected chi connectivity index (χ0v) is 20.1. The number of hydrazine groups is 1. The van der Waals surface area contributed by atoms with Crippen molar-refractivity contribution in [3.63, 3.8) is 0 Å². The number of phenolic OH excluding ortho intramolecular Hbond substituents is 1. The van der Waals surface area contributed by atoms with Crippen LogP contribution in [0.1, 0.15) is 22.3 Å². The fraction of sp³-hybridized carbons (Fsp3) is 0.154. The van der Waals surface area contributed by atoms with E-state index in [1.165, 1.54) is 24.3 Å². The highest BCUT2D eigenvalue weighted by Gasteiger charge is 2.25. The summed E-state index contributed by atoms with van der Waals surface area (Å²) >= 11 is 6.04. The number of aromatic hydroxyl groups is 1. The highest BCUT2D eigenvalue weighted by atomic mass is 35.5. The Bertz CT molecular complexity index is 1300. The minimum absolute atomic E-state index is 0.115. The SMILES string of the molecule is O=C(NNC(=O)c1ccccc1O)C(=O)NC(Cc1ccc(-c2cccc(Cl)c2)cc1)CC(O)C(=O)O. The third-order valence-electron chi connectivity index (χ3n) is 5.37. The maximum absolute atomic E-state index is 12.4. The lowest BCUT2D eigenvalue weighted by Crippen LogP contribution is -2.51. The minimum atomic E-state index is -1.78. The molecular weight excluding hydrogens is 502 g/mol. The zero-order chi connectivity index (χ0) is 26.9. The normalized spacial score (nSPS) is 12.2. The number of nitrogens with one attached hydrogen (secondary N) is 3. The second-order valence-electron chi connectivity index (χ2n) is 8.10. The van der Waals surface area contributed by atoms with Gasteiger partial charge in [-0.25, -0.2) is 4.79 Å². The van der Waals surface area contributed by atoms with Gasteiger partial charge in [0, 0.05) is 17.5 Å². The van der Waals surface area contributed by atoms with Crippen molar-refractivity contribution < 1.29 is 34.5 Å². The number of aliphatic carboxylic acids is 1. The first kappa shape index (κ1) is 27.2. The molecule has 11 heteroatoms. The Morgan fingerprint density at radius 2 is 1.54 bits per heavy atom. The number of para-hydroxylation sites is 1. The molecule has 3 amide bonds. The standard InChI is InChI=1S/C26H24ClN3O7/c27-18-5-3-4-17(13-18)16-10-8-15(9-11-16)12-19(14-22(32)26(36)37)28-24(34)25(35)30-29-23(33)20-6-1-2-7-21(20)31/h1-11,13,19,22,31-32H,12,14H2,(H,28,34)(H,29,33)(H,30,35)(H,36,37). The molecule has 6 N–H and O–H groups in total. The number of benzene rings is 3. The van der Waals surface area contributed by atoms with Crippen LogP contribution in [0.25, 0.3) is 11.1 Å². The summed E-state index contributed by atoms with van der Waals surface area (Å²) in [7, 11) is 0. The van der Waals surface area contributed by atoms with E-state index in [1.807, 2.05) is 35.1 Å². The van der Waals surface area contributed by atoms with Crippen LogP contribution in [0, 0.1) is 0 Å². The van der Waals surface area contributed by atoms with E-state index in [-0.39, 0.29) is 24.2 Å². The van der Waals surface area contributed by atoms with Gasteiger partial charge >= 0.3 is 17.8 Å². The summed E-state index contributed by atoms with van der Waals surface area (Å²) in [6.07, 6.45) is -2.03. The first-order valence-corrected chi connectivity index (χ1v) is 11.5. The van der Waals surface area contributed by atoms with Crippen molar-refractivity contribution in [2.45, 2.75) is 25.0 Å². The maximum atomic E-state index is 12.4. The minimum Gasteiger partial charge on any atom is -0.507 e. The van der Waals surface area contributed by atoms with Crippen molar-refractivity contribution >= 4 is 35.3 Å². The molecule has 3 aromatic rings. The molecule has 0 spiro atoms. The largest absolute Gasteiger partial charge is 0.507 e. The van der Waals surface area contributed by atoms with E-state index in [4.69, 9.17) is 16.7 Å². The van der Waals surface area contributed by atoms with Crippen molar-refractivity contribution in [3.8, 4) is 16.9 Å². The van der Waals surface area contributed by atoms with E-state index in [1.54, 1.807) is 24.3 Å². The number of hydrogen-bond donors (Lipinski definition) is 6. The number of aliphatic hydroxyl groups excluding tert-OH is 1. The number of halogens is 1. The lowest BCUT2D eigenvalue weighted by atomic mass is 9.98. The Balaban J connectivity index is 1.65. The Hall–Kier alpha value is -4.41. The van der Waals surface area contributed by atoms with Gasteiger partial charge in [0.05, 0.1) is 5.56 Å². The summed E-state index contributed by atoms with van der Waals surface area (Å²) in [5.41, 5.74) is 6.32. The summed E-state index contributed by atoms with van der Waals surface area (Å²) in [6.45, 7) is 0. The summed E-state index contributed by atoms with van der Waals surface area (Å²) in [5, 5.41) is 31.6. The van der Waals surface area contributed by atoms with Gasteiger partial charge in [0.25, 0.3) is 5.91 Å². The van der Waals surface area contributed by atoms with Crippen LogP contribution < -0.4 is 16.2 Å². The quantitative estimate of drug-likeness (QED) is 0.193. The lowest BCUT2D eigenvalue weighted by Gasteiger charge is -2.20. The van der Waals surface area contributed by atoms with E-state index < -0.39 is 35.8 Å². The first-order valence-electron chi connectivity index (χ1n) is 11.1. The van der Waals surface area contributed by atoms with Gasteiger partial charge in [-0.05, 0) is 47.4 Å². The Kier molecular flexibility index (Phi) is 9.20. The predicted octanol–water partition coefficient (Wildman–Crippen LogP) is 2.04. The molecule has 3 aromatic carbocycles. The second-order valence-corrected chi connectivity index (χ2v) is 8.53.